The molecule has 2 N–H and O–H groups in total. The van der Waals surface area contributed by atoms with Crippen LogP contribution in [-0.2, 0) is 0 Å². The summed E-state index contributed by atoms with van der Waals surface area (Å²) in [6, 6.07) is 12.2. The minimum Gasteiger partial charge on any atom is -0.354 e. The van der Waals surface area contributed by atoms with Gasteiger partial charge in [-0.2, -0.15) is 5.10 Å². The van der Waals surface area contributed by atoms with E-state index in [-0.39, 0.29) is 5.38 Å². The molecular weight excluding hydrogens is 344 g/mol. The van der Waals surface area contributed by atoms with Gasteiger partial charge in [-0.3, -0.25) is 4.98 Å². The van der Waals surface area contributed by atoms with E-state index in [4.69, 9.17) is 11.6 Å². The second kappa shape index (κ2) is 8.50. The number of alkyl halides is 1. The standard InChI is InChI=1S/C21H21ClN4/c1-15-4-3-5-17(22)12-21(15)16-6-8-18(9-7-16)26-20-11-10-19(24-13-20)14-25-23-2/h3-14,17,23,26H,1-2H3/b25-14+. The number of hydrogen-bond donors (Lipinski definition) is 2. The molecule has 1 unspecified atom stereocenters. The fourth-order valence-corrected chi connectivity index (χ4v) is 2.86. The van der Waals surface area contributed by atoms with Crippen LogP contribution in [0.5, 0.6) is 0 Å². The normalized spacial score (nSPS) is 16.8. The van der Waals surface area contributed by atoms with Crippen molar-refractivity contribution in [1.29, 1.82) is 0 Å². The Hall–Kier alpha value is -2.85. The summed E-state index contributed by atoms with van der Waals surface area (Å²) in [5.74, 6) is 0. The molecule has 1 atom stereocenters. The number of pyridine rings is 1. The molecule has 4 nitrogen and oxygen atoms in total. The van der Waals surface area contributed by atoms with Crippen molar-refractivity contribution >= 4 is 34.8 Å². The van der Waals surface area contributed by atoms with Gasteiger partial charge in [0.15, 0.2) is 0 Å². The highest BCUT2D eigenvalue weighted by atomic mass is 35.5. The second-order valence-corrected chi connectivity index (χ2v) is 6.42. The molecule has 1 aromatic carbocycles. The molecule has 26 heavy (non-hydrogen) atoms. The third kappa shape index (κ3) is 4.61. The van der Waals surface area contributed by atoms with Crippen molar-refractivity contribution in [3.05, 3.63) is 83.7 Å². The number of nitrogens with one attached hydrogen (secondary N) is 2. The van der Waals surface area contributed by atoms with Crippen LogP contribution in [0, 0.1) is 0 Å². The smallest absolute Gasteiger partial charge is 0.0831 e. The van der Waals surface area contributed by atoms with Crippen LogP contribution >= 0.6 is 11.6 Å². The van der Waals surface area contributed by atoms with E-state index >= 15 is 0 Å². The quantitative estimate of drug-likeness (QED) is 0.451. The van der Waals surface area contributed by atoms with Crippen LogP contribution in [0.2, 0.25) is 0 Å². The fraction of sp³-hybridized carbons (Fsp3) is 0.143. The largest absolute Gasteiger partial charge is 0.354 e. The van der Waals surface area contributed by atoms with Crippen LogP contribution in [0.3, 0.4) is 0 Å². The third-order valence-corrected chi connectivity index (χ3v) is 4.26. The number of benzene rings is 1. The van der Waals surface area contributed by atoms with E-state index in [1.54, 1.807) is 19.5 Å². The maximum atomic E-state index is 6.29. The fourth-order valence-electron chi connectivity index (χ4n) is 2.65. The van der Waals surface area contributed by atoms with Gasteiger partial charge in [-0.15, -0.1) is 11.6 Å². The number of anilines is 2. The van der Waals surface area contributed by atoms with Crippen molar-refractivity contribution in [3.8, 4) is 0 Å². The van der Waals surface area contributed by atoms with Gasteiger partial charge in [0.25, 0.3) is 0 Å². The number of hydrogen-bond acceptors (Lipinski definition) is 4. The van der Waals surface area contributed by atoms with E-state index in [0.717, 1.165) is 28.2 Å². The summed E-state index contributed by atoms with van der Waals surface area (Å²) >= 11 is 6.29. The zero-order chi connectivity index (χ0) is 18.4. The SMILES string of the molecule is CN/N=C/c1ccc(Nc2ccc(C3=CC(Cl)C=CC=C3C)cc2)cn1. The Kier molecular flexibility index (Phi) is 5.87. The second-order valence-electron chi connectivity index (χ2n) is 5.92. The predicted molar refractivity (Wildman–Crippen MR) is 111 cm³/mol. The number of allylic oxidation sites excluding steroid dienone is 6. The lowest BCUT2D eigenvalue weighted by Gasteiger charge is -2.11. The van der Waals surface area contributed by atoms with E-state index in [0.29, 0.717) is 0 Å². The first-order chi connectivity index (χ1) is 12.7. The first-order valence-electron chi connectivity index (χ1n) is 8.40. The molecule has 1 aliphatic carbocycles. The Morgan fingerprint density at radius 3 is 2.58 bits per heavy atom. The molecule has 0 aliphatic heterocycles. The molecule has 0 bridgehead atoms. The minimum absolute atomic E-state index is 0.0902. The van der Waals surface area contributed by atoms with Gasteiger partial charge < -0.3 is 10.7 Å². The molecular formula is C21H21ClN4. The van der Waals surface area contributed by atoms with Gasteiger partial charge in [0.1, 0.15) is 0 Å². The van der Waals surface area contributed by atoms with Crippen LogP contribution in [0.25, 0.3) is 5.57 Å². The molecule has 5 heteroatoms. The Morgan fingerprint density at radius 2 is 1.88 bits per heavy atom. The lowest BCUT2D eigenvalue weighted by atomic mass is 9.98. The number of rotatable bonds is 5. The highest BCUT2D eigenvalue weighted by molar-refractivity contribution is 6.23. The van der Waals surface area contributed by atoms with Gasteiger partial charge in [0.2, 0.25) is 0 Å². The minimum atomic E-state index is -0.0902. The number of hydrazone groups is 1. The van der Waals surface area contributed by atoms with Crippen LogP contribution in [0.15, 0.2) is 77.6 Å². The van der Waals surface area contributed by atoms with Crippen molar-refractivity contribution in [2.75, 3.05) is 12.4 Å². The lowest BCUT2D eigenvalue weighted by molar-refractivity contribution is 0.906. The number of halogens is 1. The average Bonchev–Trinajstić information content (AvgIpc) is 2.82. The molecule has 0 saturated carbocycles. The van der Waals surface area contributed by atoms with E-state index < -0.39 is 0 Å². The summed E-state index contributed by atoms with van der Waals surface area (Å²) in [4.78, 5) is 4.34. The summed E-state index contributed by atoms with van der Waals surface area (Å²) in [5, 5.41) is 7.21. The van der Waals surface area contributed by atoms with E-state index in [2.05, 4.69) is 64.2 Å². The molecule has 2 aromatic rings. The van der Waals surface area contributed by atoms with Crippen LogP contribution in [-0.4, -0.2) is 23.6 Å². The summed E-state index contributed by atoms with van der Waals surface area (Å²) in [6.45, 7) is 2.10. The van der Waals surface area contributed by atoms with Gasteiger partial charge >= 0.3 is 0 Å². The highest BCUT2D eigenvalue weighted by Crippen LogP contribution is 2.28. The van der Waals surface area contributed by atoms with Crippen LogP contribution in [0.1, 0.15) is 18.2 Å². The molecule has 0 amide bonds. The topological polar surface area (TPSA) is 49.3 Å². The van der Waals surface area contributed by atoms with Gasteiger partial charge in [-0.1, -0.05) is 36.4 Å². The monoisotopic (exact) mass is 364 g/mol. The Morgan fingerprint density at radius 1 is 1.12 bits per heavy atom. The molecule has 132 valence electrons. The summed E-state index contributed by atoms with van der Waals surface area (Å²) in [6.07, 6.45) is 11.6. The Labute approximate surface area is 159 Å². The highest BCUT2D eigenvalue weighted by Gasteiger charge is 2.09. The first kappa shape index (κ1) is 18.0. The van der Waals surface area contributed by atoms with Crippen molar-refractivity contribution in [1.82, 2.24) is 10.4 Å². The maximum Gasteiger partial charge on any atom is 0.0831 e. The molecule has 0 radical (unpaired) electrons. The zero-order valence-corrected chi connectivity index (χ0v) is 15.5. The van der Waals surface area contributed by atoms with Crippen LogP contribution < -0.4 is 10.7 Å². The van der Waals surface area contributed by atoms with Crippen molar-refractivity contribution < 1.29 is 0 Å². The van der Waals surface area contributed by atoms with Gasteiger partial charge in [0, 0.05) is 12.7 Å². The van der Waals surface area contributed by atoms with Crippen molar-refractivity contribution in [2.24, 2.45) is 5.10 Å². The molecule has 1 aromatic heterocycles. The average molecular weight is 365 g/mol. The Balaban J connectivity index is 1.73. The number of aromatic nitrogens is 1. The molecule has 0 spiro atoms. The first-order valence-corrected chi connectivity index (χ1v) is 8.84. The lowest BCUT2D eigenvalue weighted by Crippen LogP contribution is -1.97. The Bertz CT molecular complexity index is 862. The maximum absolute atomic E-state index is 6.29. The third-order valence-electron chi connectivity index (χ3n) is 3.99. The van der Waals surface area contributed by atoms with E-state index in [1.807, 2.05) is 24.3 Å². The molecule has 1 heterocycles. The molecule has 3 rings (SSSR count). The summed E-state index contributed by atoms with van der Waals surface area (Å²) in [5.41, 5.74) is 8.95. The zero-order valence-electron chi connectivity index (χ0n) is 14.8. The van der Waals surface area contributed by atoms with Gasteiger partial charge in [-0.05, 0) is 47.9 Å². The van der Waals surface area contributed by atoms with Gasteiger partial charge in [-0.25, -0.2) is 0 Å². The van der Waals surface area contributed by atoms with Gasteiger partial charge in [0.05, 0.1) is 29.2 Å². The number of nitrogens with zero attached hydrogens (tertiary/aromatic N) is 2. The van der Waals surface area contributed by atoms with Crippen LogP contribution in [0.4, 0.5) is 11.4 Å². The van der Waals surface area contributed by atoms with Crippen molar-refractivity contribution in [3.63, 3.8) is 0 Å². The molecule has 0 fully saturated rings. The predicted octanol–water partition coefficient (Wildman–Crippen LogP) is 4.89. The summed E-state index contributed by atoms with van der Waals surface area (Å²) < 4.78 is 0. The molecule has 1 aliphatic rings. The summed E-state index contributed by atoms with van der Waals surface area (Å²) in [7, 11) is 1.75. The van der Waals surface area contributed by atoms with Crippen molar-refractivity contribution in [2.45, 2.75) is 12.3 Å². The van der Waals surface area contributed by atoms with E-state index in [1.165, 1.54) is 5.57 Å². The molecule has 0 saturated heterocycles. The van der Waals surface area contributed by atoms with E-state index in [9.17, 15) is 0 Å².